The number of hydrogen-bond donors (Lipinski definition) is 0. The number of benzene rings is 2. The first kappa shape index (κ1) is 22.6. The van der Waals surface area contributed by atoms with Gasteiger partial charge in [0, 0.05) is 24.6 Å². The number of hydrogen-bond acceptors (Lipinski definition) is 10. The molecule has 0 saturated carbocycles. The summed E-state index contributed by atoms with van der Waals surface area (Å²) in [6.45, 7) is 1.16. The molecule has 174 valence electrons. The van der Waals surface area contributed by atoms with E-state index in [-0.39, 0.29) is 29.1 Å². The van der Waals surface area contributed by atoms with Crippen molar-refractivity contribution in [3.05, 3.63) is 82.1 Å². The molecule has 2 heterocycles. The Hall–Kier alpha value is -4.54. The second kappa shape index (κ2) is 9.14. The SMILES string of the molecule is COC(=O)C1(C(OC(C)=O)c2cc(-c3ccccc3)no2)CC(c2ccccc2[N+](=O)[O-])=NO1. The number of carbonyl (C=O) groups excluding carboxylic acids is 2. The van der Waals surface area contributed by atoms with Crippen molar-refractivity contribution < 1.29 is 33.3 Å². The number of nitro benzene ring substituents is 1. The monoisotopic (exact) mass is 465 g/mol. The van der Waals surface area contributed by atoms with Crippen molar-refractivity contribution in [1.29, 1.82) is 0 Å². The zero-order valence-corrected chi connectivity index (χ0v) is 18.2. The van der Waals surface area contributed by atoms with Crippen LogP contribution in [0.25, 0.3) is 11.3 Å². The fraction of sp³-hybridized carbons (Fsp3) is 0.217. The van der Waals surface area contributed by atoms with Crippen LogP contribution in [0.1, 0.15) is 30.8 Å². The Bertz CT molecular complexity index is 1270. The highest BCUT2D eigenvalue weighted by Gasteiger charge is 2.59. The Morgan fingerprint density at radius 2 is 1.85 bits per heavy atom. The highest BCUT2D eigenvalue weighted by atomic mass is 16.7. The number of carbonyl (C=O) groups is 2. The van der Waals surface area contributed by atoms with E-state index in [4.69, 9.17) is 18.8 Å². The normalized spacial score (nSPS) is 17.9. The summed E-state index contributed by atoms with van der Waals surface area (Å²) in [5, 5.41) is 19.5. The molecule has 2 atom stereocenters. The first-order valence-corrected chi connectivity index (χ1v) is 10.1. The molecule has 1 aromatic heterocycles. The van der Waals surface area contributed by atoms with Crippen LogP contribution < -0.4 is 0 Å². The smallest absolute Gasteiger partial charge is 0.358 e. The molecule has 0 radical (unpaired) electrons. The van der Waals surface area contributed by atoms with Crippen LogP contribution in [0.3, 0.4) is 0 Å². The lowest BCUT2D eigenvalue weighted by atomic mass is 9.87. The largest absolute Gasteiger partial charge is 0.466 e. The van der Waals surface area contributed by atoms with E-state index in [1.54, 1.807) is 18.2 Å². The van der Waals surface area contributed by atoms with Crippen molar-refractivity contribution in [2.24, 2.45) is 5.16 Å². The lowest BCUT2D eigenvalue weighted by Gasteiger charge is -2.29. The Balaban J connectivity index is 1.76. The third kappa shape index (κ3) is 4.10. The molecule has 3 aromatic rings. The molecule has 1 aliphatic heterocycles. The maximum Gasteiger partial charge on any atom is 0.358 e. The maximum atomic E-state index is 13.0. The summed E-state index contributed by atoms with van der Waals surface area (Å²) in [6, 6.07) is 16.5. The molecule has 0 spiro atoms. The summed E-state index contributed by atoms with van der Waals surface area (Å²) in [5.41, 5.74) is -0.783. The van der Waals surface area contributed by atoms with E-state index in [0.717, 1.165) is 19.6 Å². The molecule has 2 aromatic carbocycles. The number of esters is 2. The third-order valence-electron chi connectivity index (χ3n) is 5.26. The van der Waals surface area contributed by atoms with Gasteiger partial charge in [0.2, 0.25) is 6.10 Å². The molecule has 0 N–H and O–H groups in total. The summed E-state index contributed by atoms with van der Waals surface area (Å²) in [5.74, 6) is -1.62. The average molecular weight is 465 g/mol. The zero-order valence-electron chi connectivity index (χ0n) is 18.2. The lowest BCUT2D eigenvalue weighted by molar-refractivity contribution is -0.385. The number of para-hydroxylation sites is 1. The van der Waals surface area contributed by atoms with Gasteiger partial charge in [-0.25, -0.2) is 4.79 Å². The predicted molar refractivity (Wildman–Crippen MR) is 117 cm³/mol. The van der Waals surface area contributed by atoms with E-state index >= 15 is 0 Å². The topological polar surface area (TPSA) is 143 Å². The van der Waals surface area contributed by atoms with Gasteiger partial charge in [-0.1, -0.05) is 52.8 Å². The summed E-state index contributed by atoms with van der Waals surface area (Å²) in [7, 11) is 1.14. The average Bonchev–Trinajstić information content (AvgIpc) is 3.51. The van der Waals surface area contributed by atoms with E-state index in [1.165, 1.54) is 24.3 Å². The van der Waals surface area contributed by atoms with Crippen LogP contribution in [-0.4, -0.2) is 40.4 Å². The van der Waals surface area contributed by atoms with Gasteiger partial charge < -0.3 is 18.8 Å². The minimum atomic E-state index is -1.99. The number of oxime groups is 1. The molecule has 0 amide bonds. The first-order chi connectivity index (χ1) is 16.4. The van der Waals surface area contributed by atoms with Crippen molar-refractivity contribution in [3.8, 4) is 11.3 Å². The molecule has 0 saturated heterocycles. The summed E-state index contributed by atoms with van der Waals surface area (Å²) >= 11 is 0. The minimum absolute atomic E-state index is 0.0125. The first-order valence-electron chi connectivity index (χ1n) is 10.1. The van der Waals surface area contributed by atoms with E-state index < -0.39 is 28.6 Å². The molecule has 1 aliphatic rings. The molecule has 0 bridgehead atoms. The Labute approximate surface area is 193 Å². The summed E-state index contributed by atoms with van der Waals surface area (Å²) in [6.07, 6.45) is -1.73. The second-order valence-electron chi connectivity index (χ2n) is 7.43. The van der Waals surface area contributed by atoms with Crippen molar-refractivity contribution in [1.82, 2.24) is 5.16 Å². The summed E-state index contributed by atoms with van der Waals surface area (Å²) in [4.78, 5) is 41.5. The van der Waals surface area contributed by atoms with E-state index in [1.807, 2.05) is 18.2 Å². The molecular weight excluding hydrogens is 446 g/mol. The van der Waals surface area contributed by atoms with Crippen LogP contribution in [0, 0.1) is 10.1 Å². The van der Waals surface area contributed by atoms with Crippen molar-refractivity contribution in [2.75, 3.05) is 7.11 Å². The van der Waals surface area contributed by atoms with Gasteiger partial charge >= 0.3 is 11.9 Å². The fourth-order valence-electron chi connectivity index (χ4n) is 3.71. The zero-order chi connectivity index (χ0) is 24.3. The fourth-order valence-corrected chi connectivity index (χ4v) is 3.71. The van der Waals surface area contributed by atoms with Gasteiger partial charge in [-0.3, -0.25) is 14.9 Å². The standard InChI is InChI=1S/C23H19N3O8/c1-14(27)32-21(20-12-17(24-33-20)15-8-4-3-5-9-15)23(22(28)31-2)13-18(25-34-23)16-10-6-7-11-19(16)26(29)30/h3-12,21H,13H2,1-2H3. The van der Waals surface area contributed by atoms with Gasteiger partial charge in [0.15, 0.2) is 5.76 Å². The van der Waals surface area contributed by atoms with Gasteiger partial charge in [-0.15, -0.1) is 0 Å². The molecule has 0 fully saturated rings. The Morgan fingerprint density at radius 1 is 1.15 bits per heavy atom. The van der Waals surface area contributed by atoms with Crippen molar-refractivity contribution in [3.63, 3.8) is 0 Å². The maximum absolute atomic E-state index is 13.0. The number of rotatable bonds is 7. The van der Waals surface area contributed by atoms with Gasteiger partial charge in [0.1, 0.15) is 5.69 Å². The number of methoxy groups -OCH3 is 1. The van der Waals surface area contributed by atoms with Crippen LogP contribution in [0.5, 0.6) is 0 Å². The van der Waals surface area contributed by atoms with Gasteiger partial charge in [-0.2, -0.15) is 0 Å². The molecule has 4 rings (SSSR count). The predicted octanol–water partition coefficient (Wildman–Crippen LogP) is 3.59. The van der Waals surface area contributed by atoms with Crippen LogP contribution in [0.15, 0.2) is 70.3 Å². The number of nitrogens with zero attached hydrogens (tertiary/aromatic N) is 3. The molecule has 11 heteroatoms. The number of ether oxygens (including phenoxy) is 2. The van der Waals surface area contributed by atoms with E-state index in [2.05, 4.69) is 10.3 Å². The molecule has 11 nitrogen and oxygen atoms in total. The van der Waals surface area contributed by atoms with Crippen molar-refractivity contribution in [2.45, 2.75) is 25.0 Å². The highest BCUT2D eigenvalue weighted by molar-refractivity contribution is 6.07. The Morgan fingerprint density at radius 3 is 2.53 bits per heavy atom. The van der Waals surface area contributed by atoms with Gasteiger partial charge in [-0.05, 0) is 6.07 Å². The molecule has 34 heavy (non-hydrogen) atoms. The second-order valence-corrected chi connectivity index (χ2v) is 7.43. The quantitative estimate of drug-likeness (QED) is 0.290. The van der Waals surface area contributed by atoms with Crippen LogP contribution >= 0.6 is 0 Å². The van der Waals surface area contributed by atoms with Crippen molar-refractivity contribution >= 4 is 23.3 Å². The van der Waals surface area contributed by atoms with Crippen LogP contribution in [0.2, 0.25) is 0 Å². The van der Waals surface area contributed by atoms with E-state index in [0.29, 0.717) is 5.69 Å². The van der Waals surface area contributed by atoms with Gasteiger partial charge in [0.05, 0.1) is 29.7 Å². The molecular formula is C23H19N3O8. The minimum Gasteiger partial charge on any atom is -0.466 e. The highest BCUT2D eigenvalue weighted by Crippen LogP contribution is 2.43. The number of aromatic nitrogens is 1. The Kier molecular flexibility index (Phi) is 6.09. The molecule has 2 unspecified atom stereocenters. The third-order valence-corrected chi connectivity index (χ3v) is 5.26. The lowest BCUT2D eigenvalue weighted by Crippen LogP contribution is -2.47. The van der Waals surface area contributed by atoms with Crippen LogP contribution in [-0.2, 0) is 23.9 Å². The van der Waals surface area contributed by atoms with E-state index in [9.17, 15) is 19.7 Å². The van der Waals surface area contributed by atoms with Crippen LogP contribution in [0.4, 0.5) is 5.69 Å². The summed E-state index contributed by atoms with van der Waals surface area (Å²) < 4.78 is 15.8. The molecule has 0 aliphatic carbocycles. The van der Waals surface area contributed by atoms with Gasteiger partial charge in [0.25, 0.3) is 11.3 Å². The number of nitro groups is 1.